The molecule has 34 heavy (non-hydrogen) atoms. The molecule has 0 atom stereocenters. The van der Waals surface area contributed by atoms with Crippen molar-refractivity contribution in [2.75, 3.05) is 5.75 Å². The van der Waals surface area contributed by atoms with Gasteiger partial charge in [0.1, 0.15) is 0 Å². The van der Waals surface area contributed by atoms with Gasteiger partial charge in [0.2, 0.25) is 5.78 Å². The molecule has 0 aliphatic heterocycles. The summed E-state index contributed by atoms with van der Waals surface area (Å²) in [5, 5.41) is 9.94. The van der Waals surface area contributed by atoms with E-state index in [9.17, 15) is 4.79 Å². The Kier molecular flexibility index (Phi) is 6.62. The second kappa shape index (κ2) is 9.52. The largest absolute Gasteiger partial charge is 0.309 e. The van der Waals surface area contributed by atoms with Crippen molar-refractivity contribution in [3.63, 3.8) is 0 Å². The van der Waals surface area contributed by atoms with Crippen molar-refractivity contribution < 1.29 is 0 Å². The highest BCUT2D eigenvalue weighted by Gasteiger charge is 2.44. The topological polar surface area (TPSA) is 52.2 Å². The van der Waals surface area contributed by atoms with Crippen LogP contribution in [0.1, 0.15) is 83.8 Å². The second-order valence-electron chi connectivity index (χ2n) is 11.2. The van der Waals surface area contributed by atoms with E-state index in [0.29, 0.717) is 17.6 Å². The maximum atomic E-state index is 14.4. The maximum absolute atomic E-state index is 14.4. The van der Waals surface area contributed by atoms with Gasteiger partial charge in [0, 0.05) is 28.8 Å². The molecule has 0 unspecified atom stereocenters. The number of hydrogen-bond donors (Lipinski definition) is 0. The molecule has 1 aromatic carbocycles. The molecular weight excluding hydrogens is 440 g/mol. The fourth-order valence-electron chi connectivity index (χ4n) is 5.91. The number of nitrogens with zero attached hydrogens (tertiary/aromatic N) is 4. The van der Waals surface area contributed by atoms with Gasteiger partial charge in [-0.15, -0.1) is 10.2 Å². The molecule has 5 nitrogen and oxygen atoms in total. The van der Waals surface area contributed by atoms with Crippen LogP contribution in [-0.4, -0.2) is 24.9 Å². The Hall–Kier alpha value is -2.08. The summed E-state index contributed by atoms with van der Waals surface area (Å²) in [6.07, 6.45) is 8.97. The molecular formula is C28H38N4OS. The average molecular weight is 479 g/mol. The number of benzene rings is 1. The summed E-state index contributed by atoms with van der Waals surface area (Å²) in [7, 11) is 0. The predicted octanol–water partition coefficient (Wildman–Crippen LogP) is 6.50. The van der Waals surface area contributed by atoms with E-state index in [1.807, 2.05) is 4.40 Å². The van der Waals surface area contributed by atoms with Crippen molar-refractivity contribution in [2.45, 2.75) is 96.2 Å². The lowest BCUT2D eigenvalue weighted by Crippen LogP contribution is -2.43. The van der Waals surface area contributed by atoms with E-state index in [1.165, 1.54) is 30.4 Å². The Morgan fingerprint density at radius 2 is 1.74 bits per heavy atom. The van der Waals surface area contributed by atoms with Crippen LogP contribution in [0.25, 0.3) is 17.0 Å². The van der Waals surface area contributed by atoms with Gasteiger partial charge in [-0.2, -0.15) is 0 Å². The van der Waals surface area contributed by atoms with Gasteiger partial charge in [0.25, 0.3) is 5.56 Å². The SMILES string of the molecule is CC(C)CCSc1nnc2n(CCC(C)C)c3c(c(=O)n12)C1(CCCCC1)Cc1ccccc1-3. The van der Waals surface area contributed by atoms with Crippen molar-refractivity contribution in [3.8, 4) is 11.3 Å². The quantitative estimate of drug-likeness (QED) is 0.364. The van der Waals surface area contributed by atoms with Crippen LogP contribution in [0.3, 0.4) is 0 Å². The summed E-state index contributed by atoms with van der Waals surface area (Å²) in [5.41, 5.74) is 4.80. The third kappa shape index (κ3) is 4.12. The van der Waals surface area contributed by atoms with Gasteiger partial charge in [-0.1, -0.05) is 83.0 Å². The summed E-state index contributed by atoms with van der Waals surface area (Å²) < 4.78 is 4.19. The van der Waals surface area contributed by atoms with Gasteiger partial charge >= 0.3 is 0 Å². The van der Waals surface area contributed by atoms with Crippen LogP contribution >= 0.6 is 11.8 Å². The zero-order chi connectivity index (χ0) is 23.9. The highest BCUT2D eigenvalue weighted by molar-refractivity contribution is 7.99. The Morgan fingerprint density at radius 1 is 1.00 bits per heavy atom. The number of rotatable bonds is 7. The van der Waals surface area contributed by atoms with E-state index in [-0.39, 0.29) is 11.0 Å². The Bertz CT molecular complexity index is 1230. The second-order valence-corrected chi connectivity index (χ2v) is 12.2. The van der Waals surface area contributed by atoms with E-state index < -0.39 is 0 Å². The van der Waals surface area contributed by atoms with Crippen LogP contribution in [0.5, 0.6) is 0 Å². The summed E-state index contributed by atoms with van der Waals surface area (Å²) in [6, 6.07) is 8.74. The van der Waals surface area contributed by atoms with Crippen molar-refractivity contribution in [2.24, 2.45) is 11.8 Å². The van der Waals surface area contributed by atoms with Crippen LogP contribution in [-0.2, 0) is 18.4 Å². The molecule has 1 fully saturated rings. The van der Waals surface area contributed by atoms with Gasteiger partial charge in [0.15, 0.2) is 5.16 Å². The third-order valence-electron chi connectivity index (χ3n) is 7.78. The molecule has 0 N–H and O–H groups in total. The van der Waals surface area contributed by atoms with Gasteiger partial charge < -0.3 is 4.57 Å². The van der Waals surface area contributed by atoms with Crippen molar-refractivity contribution in [1.82, 2.24) is 19.2 Å². The van der Waals surface area contributed by atoms with E-state index in [0.717, 1.165) is 60.8 Å². The Morgan fingerprint density at radius 3 is 2.47 bits per heavy atom. The lowest BCUT2D eigenvalue weighted by molar-refractivity contribution is 0.283. The number of hydrogen-bond acceptors (Lipinski definition) is 4. The monoisotopic (exact) mass is 478 g/mol. The predicted molar refractivity (Wildman–Crippen MR) is 141 cm³/mol. The van der Waals surface area contributed by atoms with Crippen molar-refractivity contribution in [3.05, 3.63) is 45.7 Å². The Labute approximate surface area is 207 Å². The summed E-state index contributed by atoms with van der Waals surface area (Å²) in [5.74, 6) is 2.86. The average Bonchev–Trinajstić information content (AvgIpc) is 3.23. The third-order valence-corrected chi connectivity index (χ3v) is 8.74. The van der Waals surface area contributed by atoms with Crippen LogP contribution in [0.4, 0.5) is 0 Å². The smallest absolute Gasteiger partial charge is 0.265 e. The molecule has 2 aromatic heterocycles. The van der Waals surface area contributed by atoms with Gasteiger partial charge in [-0.05, 0) is 49.5 Å². The Balaban J connectivity index is 1.78. The molecule has 5 rings (SSSR count). The molecule has 2 aliphatic carbocycles. The highest BCUT2D eigenvalue weighted by Crippen LogP contribution is 2.49. The maximum Gasteiger partial charge on any atom is 0.265 e. The van der Waals surface area contributed by atoms with E-state index in [2.05, 4.69) is 66.7 Å². The highest BCUT2D eigenvalue weighted by atomic mass is 32.2. The first-order chi connectivity index (χ1) is 16.4. The number of aryl methyl sites for hydroxylation is 1. The van der Waals surface area contributed by atoms with Crippen molar-refractivity contribution >= 4 is 17.5 Å². The minimum atomic E-state index is -0.0725. The normalized spacial score (nSPS) is 17.0. The van der Waals surface area contributed by atoms with Crippen LogP contribution in [0.15, 0.2) is 34.2 Å². The molecule has 2 heterocycles. The molecule has 3 aromatic rings. The van der Waals surface area contributed by atoms with Gasteiger partial charge in [0.05, 0.1) is 5.69 Å². The van der Waals surface area contributed by atoms with Crippen LogP contribution in [0.2, 0.25) is 0 Å². The molecule has 0 radical (unpaired) electrons. The van der Waals surface area contributed by atoms with Crippen LogP contribution < -0.4 is 5.56 Å². The molecule has 6 heteroatoms. The number of thioether (sulfide) groups is 1. The molecule has 0 amide bonds. The van der Waals surface area contributed by atoms with Gasteiger partial charge in [-0.3, -0.25) is 4.79 Å². The van der Waals surface area contributed by atoms with E-state index in [1.54, 1.807) is 11.8 Å². The summed E-state index contributed by atoms with van der Waals surface area (Å²) in [4.78, 5) is 14.4. The lowest BCUT2D eigenvalue weighted by atomic mass is 9.62. The van der Waals surface area contributed by atoms with E-state index >= 15 is 0 Å². The first-order valence-corrected chi connectivity index (χ1v) is 14.1. The molecule has 0 saturated heterocycles. The van der Waals surface area contributed by atoms with Crippen molar-refractivity contribution in [1.29, 1.82) is 0 Å². The molecule has 182 valence electrons. The van der Waals surface area contributed by atoms with E-state index in [4.69, 9.17) is 0 Å². The summed E-state index contributed by atoms with van der Waals surface area (Å²) in [6.45, 7) is 9.85. The minimum absolute atomic E-state index is 0.0725. The number of fused-ring (bicyclic) bond motifs is 5. The standard InChI is InChI=1S/C28H38N4OS/c1-19(2)12-16-31-24-22-11-7-6-10-21(22)18-28(14-8-5-9-15-28)23(24)25(33)32-26(31)29-30-27(32)34-17-13-20(3)4/h6-7,10-11,19-20H,5,8-9,12-18H2,1-4H3. The molecule has 1 saturated carbocycles. The first kappa shape index (κ1) is 23.7. The van der Waals surface area contributed by atoms with Gasteiger partial charge in [-0.25, -0.2) is 4.40 Å². The fourth-order valence-corrected chi connectivity index (χ4v) is 7.08. The minimum Gasteiger partial charge on any atom is -0.309 e. The summed E-state index contributed by atoms with van der Waals surface area (Å²) >= 11 is 1.68. The zero-order valence-electron chi connectivity index (χ0n) is 21.1. The molecule has 2 aliphatic rings. The zero-order valence-corrected chi connectivity index (χ0v) is 22.0. The number of aromatic nitrogens is 4. The first-order valence-electron chi connectivity index (χ1n) is 13.1. The van der Waals surface area contributed by atoms with Crippen LogP contribution in [0, 0.1) is 11.8 Å². The molecule has 0 bridgehead atoms. The fraction of sp³-hybridized carbons (Fsp3) is 0.607. The molecule has 1 spiro atoms. The lowest BCUT2D eigenvalue weighted by Gasteiger charge is -2.43.